The number of hydrogen-bond acceptors (Lipinski definition) is 4. The summed E-state index contributed by atoms with van der Waals surface area (Å²) in [5.41, 5.74) is 1.61. The molecule has 2 aromatic rings. The maximum atomic E-state index is 13.4. The van der Waals surface area contributed by atoms with E-state index in [9.17, 15) is 4.79 Å². The zero-order valence-electron chi connectivity index (χ0n) is 18.1. The first-order valence-electron chi connectivity index (χ1n) is 10.5. The lowest BCUT2D eigenvalue weighted by atomic mass is 9.99. The highest BCUT2D eigenvalue weighted by Gasteiger charge is 2.21. The summed E-state index contributed by atoms with van der Waals surface area (Å²) in [7, 11) is 3.18. The molecule has 30 heavy (non-hydrogen) atoms. The van der Waals surface area contributed by atoms with Crippen molar-refractivity contribution in [1.82, 2.24) is 9.80 Å². The van der Waals surface area contributed by atoms with Gasteiger partial charge in [0.1, 0.15) is 11.5 Å². The summed E-state index contributed by atoms with van der Waals surface area (Å²) in [6, 6.07) is 13.0. The fraction of sp³-hybridized carbons (Fsp3) is 0.458. The number of hydrogen-bond donors (Lipinski definition) is 0. The second-order valence-electron chi connectivity index (χ2n) is 7.98. The topological polar surface area (TPSA) is 42.0 Å². The first-order valence-corrected chi connectivity index (χ1v) is 10.9. The van der Waals surface area contributed by atoms with E-state index in [0.29, 0.717) is 35.2 Å². The molecule has 5 nitrogen and oxygen atoms in total. The van der Waals surface area contributed by atoms with Crippen molar-refractivity contribution in [2.45, 2.75) is 26.3 Å². The third-order valence-electron chi connectivity index (χ3n) is 5.73. The van der Waals surface area contributed by atoms with Gasteiger partial charge in [-0.25, -0.2) is 0 Å². The summed E-state index contributed by atoms with van der Waals surface area (Å²) in [6.07, 6.45) is 2.44. The molecule has 1 aliphatic rings. The van der Waals surface area contributed by atoms with Crippen molar-refractivity contribution in [2.75, 3.05) is 40.4 Å². The van der Waals surface area contributed by atoms with Crippen molar-refractivity contribution in [3.05, 3.63) is 58.6 Å². The number of carbonyl (C=O) groups is 1. The largest absolute Gasteiger partial charge is 0.497 e. The maximum absolute atomic E-state index is 13.4. The molecule has 3 rings (SSSR count). The maximum Gasteiger partial charge on any atom is 0.254 e. The van der Waals surface area contributed by atoms with Crippen molar-refractivity contribution in [3.63, 3.8) is 0 Å². The number of piperidine rings is 1. The van der Waals surface area contributed by atoms with E-state index in [2.05, 4.69) is 11.8 Å². The van der Waals surface area contributed by atoms with Crippen LogP contribution >= 0.6 is 11.6 Å². The Morgan fingerprint density at radius 2 is 1.67 bits per heavy atom. The number of benzene rings is 2. The van der Waals surface area contributed by atoms with Crippen molar-refractivity contribution in [2.24, 2.45) is 5.92 Å². The second-order valence-corrected chi connectivity index (χ2v) is 8.42. The van der Waals surface area contributed by atoms with Gasteiger partial charge in [-0.1, -0.05) is 30.7 Å². The van der Waals surface area contributed by atoms with E-state index in [1.807, 2.05) is 29.2 Å². The van der Waals surface area contributed by atoms with Crippen LogP contribution in [-0.2, 0) is 6.54 Å². The minimum Gasteiger partial charge on any atom is -0.497 e. The summed E-state index contributed by atoms with van der Waals surface area (Å²) < 4.78 is 10.7. The highest BCUT2D eigenvalue weighted by Crippen LogP contribution is 2.24. The first-order chi connectivity index (χ1) is 14.5. The molecule has 0 N–H and O–H groups in total. The molecular formula is C24H31ClN2O3. The molecule has 0 atom stereocenters. The standard InChI is InChI=1S/C24H31ClN2O3/c1-18-8-10-26(11-9-18)12-13-27(17-19-4-6-21(25)7-5-19)24(28)20-14-22(29-2)16-23(15-20)30-3/h4-7,14-16,18H,8-13,17H2,1-3H3. The van der Waals surface area contributed by atoms with E-state index in [0.717, 1.165) is 31.1 Å². The lowest BCUT2D eigenvalue weighted by Crippen LogP contribution is -2.41. The normalized spacial score (nSPS) is 15.1. The van der Waals surface area contributed by atoms with Crippen molar-refractivity contribution < 1.29 is 14.3 Å². The number of carbonyl (C=O) groups excluding carboxylic acids is 1. The van der Waals surface area contributed by atoms with Crippen LogP contribution in [0.25, 0.3) is 0 Å². The molecule has 0 spiro atoms. The molecule has 0 saturated carbocycles. The molecule has 1 aliphatic heterocycles. The molecule has 162 valence electrons. The SMILES string of the molecule is COc1cc(OC)cc(C(=O)N(CCN2CCC(C)CC2)Cc2ccc(Cl)cc2)c1. The summed E-state index contributed by atoms with van der Waals surface area (Å²) in [6.45, 7) is 6.56. The predicted molar refractivity (Wildman–Crippen MR) is 121 cm³/mol. The van der Waals surface area contributed by atoms with Gasteiger partial charge in [-0.2, -0.15) is 0 Å². The smallest absolute Gasteiger partial charge is 0.254 e. The van der Waals surface area contributed by atoms with Gasteiger partial charge in [0, 0.05) is 36.3 Å². The van der Waals surface area contributed by atoms with Gasteiger partial charge in [0.15, 0.2) is 0 Å². The molecule has 2 aromatic carbocycles. The fourth-order valence-corrected chi connectivity index (χ4v) is 3.85. The van der Waals surface area contributed by atoms with Crippen molar-refractivity contribution in [1.29, 1.82) is 0 Å². The first kappa shape index (κ1) is 22.4. The highest BCUT2D eigenvalue weighted by molar-refractivity contribution is 6.30. The molecular weight excluding hydrogens is 400 g/mol. The molecule has 0 aliphatic carbocycles. The van der Waals surface area contributed by atoms with E-state index in [1.165, 1.54) is 12.8 Å². The minimum atomic E-state index is -0.0347. The van der Waals surface area contributed by atoms with Crippen LogP contribution in [0.4, 0.5) is 0 Å². The van der Waals surface area contributed by atoms with Gasteiger partial charge >= 0.3 is 0 Å². The van der Waals surface area contributed by atoms with Crippen LogP contribution in [-0.4, -0.2) is 56.1 Å². The van der Waals surface area contributed by atoms with E-state index in [4.69, 9.17) is 21.1 Å². The Bertz CT molecular complexity index is 811. The third kappa shape index (κ3) is 6.13. The average Bonchev–Trinajstić information content (AvgIpc) is 2.78. The number of amides is 1. The quantitative estimate of drug-likeness (QED) is 0.607. The van der Waals surface area contributed by atoms with Gasteiger partial charge in [-0.05, 0) is 61.7 Å². The van der Waals surface area contributed by atoms with Crippen LogP contribution in [0.3, 0.4) is 0 Å². The van der Waals surface area contributed by atoms with Crippen LogP contribution in [0, 0.1) is 5.92 Å². The van der Waals surface area contributed by atoms with Gasteiger partial charge in [0.25, 0.3) is 5.91 Å². The number of likely N-dealkylation sites (tertiary alicyclic amines) is 1. The Labute approximate surface area is 184 Å². The minimum absolute atomic E-state index is 0.0347. The molecule has 0 unspecified atom stereocenters. The molecule has 1 saturated heterocycles. The van der Waals surface area contributed by atoms with Gasteiger partial charge in [0.05, 0.1) is 14.2 Å². The molecule has 0 radical (unpaired) electrons. The highest BCUT2D eigenvalue weighted by atomic mass is 35.5. The molecule has 1 heterocycles. The Hall–Kier alpha value is -2.24. The third-order valence-corrected chi connectivity index (χ3v) is 5.99. The summed E-state index contributed by atoms with van der Waals surface area (Å²) in [4.78, 5) is 17.8. The Morgan fingerprint density at radius 3 is 2.23 bits per heavy atom. The molecule has 0 aromatic heterocycles. The Morgan fingerprint density at radius 1 is 1.07 bits per heavy atom. The van der Waals surface area contributed by atoms with Crippen LogP contribution in [0.1, 0.15) is 35.7 Å². The van der Waals surface area contributed by atoms with Gasteiger partial charge in [-0.15, -0.1) is 0 Å². The number of nitrogens with zero attached hydrogens (tertiary/aromatic N) is 2. The number of halogens is 1. The lowest BCUT2D eigenvalue weighted by molar-refractivity contribution is 0.0708. The van der Waals surface area contributed by atoms with Gasteiger partial charge in [-0.3, -0.25) is 4.79 Å². The van der Waals surface area contributed by atoms with Gasteiger partial charge < -0.3 is 19.3 Å². The second kappa shape index (κ2) is 10.7. The number of methoxy groups -OCH3 is 2. The number of ether oxygens (including phenoxy) is 2. The average molecular weight is 431 g/mol. The summed E-state index contributed by atoms with van der Waals surface area (Å²) >= 11 is 6.03. The zero-order chi connectivity index (χ0) is 21.5. The summed E-state index contributed by atoms with van der Waals surface area (Å²) in [5, 5.41) is 0.691. The molecule has 1 amide bonds. The van der Waals surface area contributed by atoms with Crippen LogP contribution in [0.2, 0.25) is 5.02 Å². The van der Waals surface area contributed by atoms with Crippen LogP contribution < -0.4 is 9.47 Å². The summed E-state index contributed by atoms with van der Waals surface area (Å²) in [5.74, 6) is 1.97. The zero-order valence-corrected chi connectivity index (χ0v) is 18.8. The fourth-order valence-electron chi connectivity index (χ4n) is 3.72. The Kier molecular flexibility index (Phi) is 8.00. The van der Waals surface area contributed by atoms with Crippen molar-refractivity contribution in [3.8, 4) is 11.5 Å². The van der Waals surface area contributed by atoms with E-state index >= 15 is 0 Å². The van der Waals surface area contributed by atoms with Crippen LogP contribution in [0.5, 0.6) is 11.5 Å². The molecule has 6 heteroatoms. The van der Waals surface area contributed by atoms with Crippen molar-refractivity contribution >= 4 is 17.5 Å². The lowest BCUT2D eigenvalue weighted by Gasteiger charge is -2.32. The molecule has 0 bridgehead atoms. The van der Waals surface area contributed by atoms with Crippen LogP contribution in [0.15, 0.2) is 42.5 Å². The molecule has 1 fully saturated rings. The predicted octanol–water partition coefficient (Wildman–Crippen LogP) is 4.73. The number of rotatable bonds is 8. The van der Waals surface area contributed by atoms with E-state index in [1.54, 1.807) is 32.4 Å². The van der Waals surface area contributed by atoms with Gasteiger partial charge in [0.2, 0.25) is 0 Å². The monoisotopic (exact) mass is 430 g/mol. The van der Waals surface area contributed by atoms with E-state index in [-0.39, 0.29) is 5.91 Å². The van der Waals surface area contributed by atoms with E-state index < -0.39 is 0 Å². The Balaban J connectivity index is 1.78.